The predicted octanol–water partition coefficient (Wildman–Crippen LogP) is -0.828. The highest BCUT2D eigenvalue weighted by atomic mass is 16.5. The molecule has 8 heteroatoms. The van der Waals surface area contributed by atoms with E-state index in [9.17, 15) is 9.59 Å². The molecule has 0 aromatic carbocycles. The Labute approximate surface area is 108 Å². The lowest BCUT2D eigenvalue weighted by Gasteiger charge is -2.11. The molecule has 0 saturated carbocycles. The van der Waals surface area contributed by atoms with Crippen molar-refractivity contribution in [3.8, 4) is 0 Å². The Bertz CT molecular complexity index is 704. The number of nitrogens with zero attached hydrogens (tertiary/aromatic N) is 4. The van der Waals surface area contributed by atoms with Crippen molar-refractivity contribution >= 4 is 0 Å². The average molecular weight is 265 g/mol. The fraction of sp³-hybridized carbons (Fsp3) is 0.455. The molecule has 2 aromatic heterocycles. The summed E-state index contributed by atoms with van der Waals surface area (Å²) in [5.41, 5.74) is 3.86. The lowest BCUT2D eigenvalue weighted by Crippen LogP contribution is -2.39. The minimum atomic E-state index is -0.723. The van der Waals surface area contributed by atoms with E-state index in [0.29, 0.717) is 5.82 Å². The third-order valence-electron chi connectivity index (χ3n) is 2.58. The molecule has 2 heterocycles. The highest BCUT2D eigenvalue weighted by Crippen LogP contribution is 2.12. The van der Waals surface area contributed by atoms with Gasteiger partial charge in [0.2, 0.25) is 5.89 Å². The number of aryl methyl sites for hydroxylation is 1. The Morgan fingerprint density at radius 3 is 2.58 bits per heavy atom. The molecule has 19 heavy (non-hydrogen) atoms. The van der Waals surface area contributed by atoms with Crippen LogP contribution in [0.1, 0.15) is 25.6 Å². The molecule has 2 N–H and O–H groups in total. The van der Waals surface area contributed by atoms with Gasteiger partial charge in [0.15, 0.2) is 5.82 Å². The van der Waals surface area contributed by atoms with Crippen molar-refractivity contribution in [1.82, 2.24) is 19.3 Å². The molecule has 0 bridgehead atoms. The number of aromatic nitrogens is 4. The van der Waals surface area contributed by atoms with Gasteiger partial charge in [-0.25, -0.2) is 0 Å². The molecular formula is C11H15N5O3. The maximum absolute atomic E-state index is 11.7. The first kappa shape index (κ1) is 13.2. The highest BCUT2D eigenvalue weighted by Gasteiger charge is 2.21. The van der Waals surface area contributed by atoms with Crippen molar-refractivity contribution in [2.75, 3.05) is 0 Å². The van der Waals surface area contributed by atoms with Crippen LogP contribution in [0.15, 0.2) is 26.5 Å². The van der Waals surface area contributed by atoms with Gasteiger partial charge in [0.1, 0.15) is 6.54 Å². The molecule has 0 aliphatic carbocycles. The molecule has 0 fully saturated rings. The third-order valence-corrected chi connectivity index (χ3v) is 2.58. The standard InChI is InChI=1S/C11H15N5O3/c1-11(2,12)10-13-7(19-14-10)6-16-5-4-15(3)8(17)9(16)18/h4-5H,6,12H2,1-3H3. The fourth-order valence-corrected chi connectivity index (χ4v) is 1.44. The van der Waals surface area contributed by atoms with Gasteiger partial charge in [-0.3, -0.25) is 14.2 Å². The quantitative estimate of drug-likeness (QED) is 0.726. The van der Waals surface area contributed by atoms with Crippen molar-refractivity contribution < 1.29 is 4.52 Å². The Hall–Kier alpha value is -2.22. The maximum Gasteiger partial charge on any atom is 0.316 e. The van der Waals surface area contributed by atoms with Crippen molar-refractivity contribution in [2.24, 2.45) is 12.8 Å². The highest BCUT2D eigenvalue weighted by molar-refractivity contribution is 4.99. The molecule has 0 amide bonds. The summed E-state index contributed by atoms with van der Waals surface area (Å²) in [6.07, 6.45) is 2.98. The van der Waals surface area contributed by atoms with Crippen LogP contribution < -0.4 is 16.9 Å². The monoisotopic (exact) mass is 265 g/mol. The Morgan fingerprint density at radius 1 is 1.32 bits per heavy atom. The SMILES string of the molecule is Cn1ccn(Cc2nc(C(C)(C)N)no2)c(=O)c1=O. The van der Waals surface area contributed by atoms with Gasteiger partial charge in [-0.05, 0) is 13.8 Å². The molecule has 2 rings (SSSR count). The number of hydrogen-bond acceptors (Lipinski definition) is 6. The van der Waals surface area contributed by atoms with E-state index in [4.69, 9.17) is 10.3 Å². The van der Waals surface area contributed by atoms with E-state index >= 15 is 0 Å². The Kier molecular flexibility index (Phi) is 3.11. The average Bonchev–Trinajstić information content (AvgIpc) is 2.78. The van der Waals surface area contributed by atoms with E-state index in [1.807, 2.05) is 0 Å². The van der Waals surface area contributed by atoms with E-state index in [2.05, 4.69) is 10.1 Å². The van der Waals surface area contributed by atoms with Gasteiger partial charge >= 0.3 is 11.1 Å². The summed E-state index contributed by atoms with van der Waals surface area (Å²) in [6.45, 7) is 3.52. The van der Waals surface area contributed by atoms with Crippen LogP contribution in [0, 0.1) is 0 Å². The zero-order chi connectivity index (χ0) is 14.2. The zero-order valence-corrected chi connectivity index (χ0v) is 11.0. The Morgan fingerprint density at radius 2 is 2.00 bits per heavy atom. The number of nitrogens with two attached hydrogens (primary N) is 1. The number of hydrogen-bond donors (Lipinski definition) is 1. The first-order valence-corrected chi connectivity index (χ1v) is 5.67. The molecule has 2 aromatic rings. The van der Waals surface area contributed by atoms with Crippen molar-refractivity contribution in [2.45, 2.75) is 25.9 Å². The van der Waals surface area contributed by atoms with Crippen molar-refractivity contribution in [3.05, 3.63) is 44.8 Å². The van der Waals surface area contributed by atoms with E-state index in [1.165, 1.54) is 28.6 Å². The van der Waals surface area contributed by atoms with Crippen LogP contribution in [-0.4, -0.2) is 19.3 Å². The molecule has 0 radical (unpaired) electrons. The van der Waals surface area contributed by atoms with E-state index in [-0.39, 0.29) is 12.4 Å². The molecule has 0 atom stereocenters. The lowest BCUT2D eigenvalue weighted by atomic mass is 10.1. The smallest absolute Gasteiger partial charge is 0.316 e. The lowest BCUT2D eigenvalue weighted by molar-refractivity contribution is 0.353. The van der Waals surface area contributed by atoms with Crippen LogP contribution >= 0.6 is 0 Å². The van der Waals surface area contributed by atoms with Gasteiger partial charge in [0.05, 0.1) is 5.54 Å². The molecule has 0 saturated heterocycles. The van der Waals surface area contributed by atoms with Crippen LogP contribution in [0.5, 0.6) is 0 Å². The second kappa shape index (κ2) is 4.47. The molecular weight excluding hydrogens is 250 g/mol. The fourth-order valence-electron chi connectivity index (χ4n) is 1.44. The molecule has 0 unspecified atom stereocenters. The predicted molar refractivity (Wildman–Crippen MR) is 66.6 cm³/mol. The van der Waals surface area contributed by atoms with Crippen molar-refractivity contribution in [1.29, 1.82) is 0 Å². The van der Waals surface area contributed by atoms with Gasteiger partial charge in [0.25, 0.3) is 0 Å². The minimum Gasteiger partial charge on any atom is -0.337 e. The largest absolute Gasteiger partial charge is 0.337 e. The summed E-state index contributed by atoms with van der Waals surface area (Å²) >= 11 is 0. The third kappa shape index (κ3) is 2.63. The van der Waals surface area contributed by atoms with Crippen LogP contribution in [0.2, 0.25) is 0 Å². The van der Waals surface area contributed by atoms with Crippen molar-refractivity contribution in [3.63, 3.8) is 0 Å². The normalized spacial score (nSPS) is 11.8. The van der Waals surface area contributed by atoms with E-state index in [1.54, 1.807) is 13.8 Å². The molecule has 8 nitrogen and oxygen atoms in total. The first-order chi connectivity index (χ1) is 8.79. The van der Waals surface area contributed by atoms with Gasteiger partial charge < -0.3 is 14.8 Å². The van der Waals surface area contributed by atoms with E-state index < -0.39 is 16.7 Å². The van der Waals surface area contributed by atoms with Gasteiger partial charge in [-0.15, -0.1) is 0 Å². The first-order valence-electron chi connectivity index (χ1n) is 5.67. The van der Waals surface area contributed by atoms with Crippen LogP contribution in [0.25, 0.3) is 0 Å². The maximum atomic E-state index is 11.7. The second-order valence-corrected chi connectivity index (χ2v) is 4.88. The summed E-state index contributed by atoms with van der Waals surface area (Å²) in [6, 6.07) is 0. The summed E-state index contributed by atoms with van der Waals surface area (Å²) in [4.78, 5) is 27.3. The van der Waals surface area contributed by atoms with Crippen LogP contribution in [-0.2, 0) is 19.1 Å². The molecule has 0 aliphatic heterocycles. The zero-order valence-electron chi connectivity index (χ0n) is 11.0. The second-order valence-electron chi connectivity index (χ2n) is 4.88. The Balaban J connectivity index is 2.33. The topological polar surface area (TPSA) is 109 Å². The van der Waals surface area contributed by atoms with Gasteiger partial charge in [-0.1, -0.05) is 5.16 Å². The minimum absolute atomic E-state index is 0.0397. The molecule has 0 aliphatic rings. The summed E-state index contributed by atoms with van der Waals surface area (Å²) < 4.78 is 7.43. The van der Waals surface area contributed by atoms with E-state index in [0.717, 1.165) is 0 Å². The molecule has 102 valence electrons. The summed E-state index contributed by atoms with van der Waals surface area (Å²) in [5.74, 6) is 0.572. The summed E-state index contributed by atoms with van der Waals surface area (Å²) in [7, 11) is 1.51. The van der Waals surface area contributed by atoms with Gasteiger partial charge in [0, 0.05) is 19.4 Å². The van der Waals surface area contributed by atoms with Gasteiger partial charge in [-0.2, -0.15) is 4.98 Å². The van der Waals surface area contributed by atoms with Crippen LogP contribution in [0.3, 0.4) is 0 Å². The molecule has 0 spiro atoms. The van der Waals surface area contributed by atoms with Crippen LogP contribution in [0.4, 0.5) is 0 Å². The summed E-state index contributed by atoms with van der Waals surface area (Å²) in [5, 5.41) is 3.74. The number of rotatable bonds is 3.